The molecule has 1 aliphatic rings. The van der Waals surface area contributed by atoms with Gasteiger partial charge in [0.2, 0.25) is 0 Å². The highest BCUT2D eigenvalue weighted by atomic mass is 35.5. The van der Waals surface area contributed by atoms with Crippen molar-refractivity contribution in [2.45, 2.75) is 31.7 Å². The van der Waals surface area contributed by atoms with Gasteiger partial charge in [0.05, 0.1) is 10.9 Å². The molecule has 0 aliphatic heterocycles. The Balaban J connectivity index is 1.63. The molecule has 1 aliphatic carbocycles. The highest BCUT2D eigenvalue weighted by Crippen LogP contribution is 2.28. The van der Waals surface area contributed by atoms with Crippen molar-refractivity contribution in [1.82, 2.24) is 10.5 Å². The number of carboxylic acid groups (broad SMARTS) is 1. The van der Waals surface area contributed by atoms with E-state index in [2.05, 4.69) is 10.5 Å². The van der Waals surface area contributed by atoms with Crippen LogP contribution < -0.4 is 5.32 Å². The zero-order valence-electron chi connectivity index (χ0n) is 12.9. The number of nitrogens with one attached hydrogen (secondary N) is 1. The van der Waals surface area contributed by atoms with E-state index in [9.17, 15) is 9.59 Å². The maximum atomic E-state index is 12.3. The number of amides is 1. The van der Waals surface area contributed by atoms with Crippen molar-refractivity contribution in [3.63, 3.8) is 0 Å². The summed E-state index contributed by atoms with van der Waals surface area (Å²) < 4.78 is 5.22. The summed E-state index contributed by atoms with van der Waals surface area (Å²) in [7, 11) is 0. The van der Waals surface area contributed by atoms with E-state index in [1.807, 2.05) is 12.1 Å². The first-order valence-corrected chi connectivity index (χ1v) is 8.17. The maximum Gasteiger partial charge on any atom is 0.306 e. The van der Waals surface area contributed by atoms with Crippen molar-refractivity contribution in [2.24, 2.45) is 5.92 Å². The van der Waals surface area contributed by atoms with Crippen LogP contribution >= 0.6 is 11.6 Å². The Kier molecular flexibility index (Phi) is 4.85. The Labute approximate surface area is 143 Å². The van der Waals surface area contributed by atoms with Crippen LogP contribution in [0.1, 0.15) is 36.2 Å². The lowest BCUT2D eigenvalue weighted by Gasteiger charge is -2.26. The molecule has 1 aromatic heterocycles. The van der Waals surface area contributed by atoms with Crippen molar-refractivity contribution in [1.29, 1.82) is 0 Å². The number of carbonyl (C=O) groups excluding carboxylic acids is 1. The van der Waals surface area contributed by atoms with Crippen LogP contribution in [0, 0.1) is 5.92 Å². The average molecular weight is 349 g/mol. The fourth-order valence-corrected chi connectivity index (χ4v) is 3.14. The summed E-state index contributed by atoms with van der Waals surface area (Å²) in [6.45, 7) is 0. The third-order valence-corrected chi connectivity index (χ3v) is 4.62. The molecule has 1 amide bonds. The minimum Gasteiger partial charge on any atom is -0.481 e. The maximum absolute atomic E-state index is 12.3. The number of carbonyl (C=O) groups is 2. The van der Waals surface area contributed by atoms with Crippen LogP contribution in [-0.4, -0.2) is 28.2 Å². The van der Waals surface area contributed by atoms with Crippen molar-refractivity contribution in [3.8, 4) is 11.3 Å². The minimum absolute atomic E-state index is 0.0337. The topological polar surface area (TPSA) is 92.4 Å². The summed E-state index contributed by atoms with van der Waals surface area (Å²) in [4.78, 5) is 23.2. The quantitative estimate of drug-likeness (QED) is 0.883. The normalized spacial score (nSPS) is 20.5. The Morgan fingerprint density at radius 3 is 2.58 bits per heavy atom. The predicted octanol–water partition coefficient (Wildman–Crippen LogP) is 3.37. The summed E-state index contributed by atoms with van der Waals surface area (Å²) in [6, 6.07) is 8.68. The van der Waals surface area contributed by atoms with Gasteiger partial charge in [0.15, 0.2) is 11.5 Å². The standard InChI is InChI=1S/C17H17ClN2O4/c18-13-4-2-1-3-12(13)15-9-14(20-24-15)16(21)19-11-7-5-10(6-8-11)17(22)23/h1-4,9-11H,5-8H2,(H,19,21)(H,22,23). The van der Waals surface area contributed by atoms with Crippen LogP contribution in [0.2, 0.25) is 5.02 Å². The minimum atomic E-state index is -0.763. The molecular weight excluding hydrogens is 332 g/mol. The van der Waals surface area contributed by atoms with E-state index in [1.54, 1.807) is 18.2 Å². The van der Waals surface area contributed by atoms with Gasteiger partial charge < -0.3 is 14.9 Å². The van der Waals surface area contributed by atoms with Gasteiger partial charge in [0.25, 0.3) is 5.91 Å². The molecule has 3 rings (SSSR count). The second-order valence-electron chi connectivity index (χ2n) is 5.92. The highest BCUT2D eigenvalue weighted by Gasteiger charge is 2.27. The van der Waals surface area contributed by atoms with Crippen LogP contribution in [0.3, 0.4) is 0 Å². The Morgan fingerprint density at radius 1 is 1.21 bits per heavy atom. The summed E-state index contributed by atoms with van der Waals surface area (Å²) in [5.41, 5.74) is 0.859. The molecule has 1 aromatic carbocycles. The monoisotopic (exact) mass is 348 g/mol. The van der Waals surface area contributed by atoms with E-state index in [0.29, 0.717) is 42.0 Å². The first kappa shape index (κ1) is 16.5. The van der Waals surface area contributed by atoms with Crippen LogP contribution in [0.15, 0.2) is 34.9 Å². The SMILES string of the molecule is O=C(NC1CCC(C(=O)O)CC1)c1cc(-c2ccccc2Cl)on1. The largest absolute Gasteiger partial charge is 0.481 e. The third kappa shape index (κ3) is 3.59. The van der Waals surface area contributed by atoms with Gasteiger partial charge in [-0.05, 0) is 37.8 Å². The van der Waals surface area contributed by atoms with E-state index >= 15 is 0 Å². The molecule has 1 heterocycles. The second kappa shape index (κ2) is 7.05. The number of aromatic nitrogens is 1. The van der Waals surface area contributed by atoms with E-state index in [-0.39, 0.29) is 23.6 Å². The first-order valence-electron chi connectivity index (χ1n) is 7.80. The molecule has 126 valence electrons. The van der Waals surface area contributed by atoms with Gasteiger partial charge in [-0.15, -0.1) is 0 Å². The van der Waals surface area contributed by atoms with Gasteiger partial charge in [-0.2, -0.15) is 0 Å². The molecule has 24 heavy (non-hydrogen) atoms. The van der Waals surface area contributed by atoms with Gasteiger partial charge in [0.1, 0.15) is 0 Å². The molecule has 0 atom stereocenters. The molecule has 1 saturated carbocycles. The molecule has 2 N–H and O–H groups in total. The van der Waals surface area contributed by atoms with Gasteiger partial charge >= 0.3 is 5.97 Å². The van der Waals surface area contributed by atoms with Crippen molar-refractivity contribution < 1.29 is 19.2 Å². The lowest BCUT2D eigenvalue weighted by molar-refractivity contribution is -0.142. The van der Waals surface area contributed by atoms with Crippen molar-refractivity contribution >= 4 is 23.5 Å². The Hall–Kier alpha value is -2.34. The fourth-order valence-electron chi connectivity index (χ4n) is 2.91. The predicted molar refractivity (Wildman–Crippen MR) is 87.8 cm³/mol. The van der Waals surface area contributed by atoms with E-state index in [1.165, 1.54) is 0 Å². The van der Waals surface area contributed by atoms with Crippen LogP contribution in [0.4, 0.5) is 0 Å². The van der Waals surface area contributed by atoms with E-state index in [0.717, 1.165) is 0 Å². The molecular formula is C17H17ClN2O4. The van der Waals surface area contributed by atoms with Crippen LogP contribution in [0.25, 0.3) is 11.3 Å². The van der Waals surface area contributed by atoms with Crippen LogP contribution in [0.5, 0.6) is 0 Å². The summed E-state index contributed by atoms with van der Waals surface area (Å²) >= 11 is 6.11. The lowest BCUT2D eigenvalue weighted by atomic mass is 9.86. The first-order chi connectivity index (χ1) is 11.5. The lowest BCUT2D eigenvalue weighted by Crippen LogP contribution is -2.38. The third-order valence-electron chi connectivity index (χ3n) is 4.29. The van der Waals surface area contributed by atoms with E-state index < -0.39 is 5.97 Å². The smallest absolute Gasteiger partial charge is 0.306 e. The van der Waals surface area contributed by atoms with E-state index in [4.69, 9.17) is 21.2 Å². The average Bonchev–Trinajstić information content (AvgIpc) is 3.05. The van der Waals surface area contributed by atoms with Crippen LogP contribution in [-0.2, 0) is 4.79 Å². The van der Waals surface area contributed by atoms with Gasteiger partial charge in [-0.25, -0.2) is 0 Å². The summed E-state index contributed by atoms with van der Waals surface area (Å²) in [5.74, 6) is -0.964. The number of nitrogens with zero attached hydrogens (tertiary/aromatic N) is 1. The number of benzene rings is 1. The summed E-state index contributed by atoms with van der Waals surface area (Å²) in [6.07, 6.45) is 2.45. The number of halogens is 1. The van der Waals surface area contributed by atoms with Crippen molar-refractivity contribution in [2.75, 3.05) is 0 Å². The zero-order chi connectivity index (χ0) is 17.1. The second-order valence-corrected chi connectivity index (χ2v) is 6.32. The number of carboxylic acids is 1. The Morgan fingerprint density at radius 2 is 1.92 bits per heavy atom. The molecule has 0 radical (unpaired) electrons. The molecule has 0 unspecified atom stereocenters. The Bertz CT molecular complexity index is 751. The van der Waals surface area contributed by atoms with Crippen molar-refractivity contribution in [3.05, 3.63) is 41.0 Å². The molecule has 7 heteroatoms. The number of aliphatic carboxylic acids is 1. The van der Waals surface area contributed by atoms with Gasteiger partial charge in [0, 0.05) is 17.7 Å². The molecule has 0 spiro atoms. The molecule has 2 aromatic rings. The number of hydrogen-bond acceptors (Lipinski definition) is 4. The molecule has 0 bridgehead atoms. The van der Waals surface area contributed by atoms with Gasteiger partial charge in [-0.3, -0.25) is 9.59 Å². The number of rotatable bonds is 4. The fraction of sp³-hybridized carbons (Fsp3) is 0.353. The summed E-state index contributed by atoms with van der Waals surface area (Å²) in [5, 5.41) is 16.2. The van der Waals surface area contributed by atoms with Gasteiger partial charge in [-0.1, -0.05) is 28.9 Å². The molecule has 1 fully saturated rings. The highest BCUT2D eigenvalue weighted by molar-refractivity contribution is 6.33. The number of hydrogen-bond donors (Lipinski definition) is 2. The molecule has 0 saturated heterocycles. The molecule has 6 nitrogen and oxygen atoms in total. The zero-order valence-corrected chi connectivity index (χ0v) is 13.6.